The number of carbonyl (C=O) groups is 1. The molecule has 4 aromatic rings. The summed E-state index contributed by atoms with van der Waals surface area (Å²) in [6.45, 7) is 3.44. The fourth-order valence-corrected chi connectivity index (χ4v) is 6.88. The minimum Gasteiger partial charge on any atom is -0.478 e. The normalized spacial score (nSPS) is 19.2. The highest BCUT2D eigenvalue weighted by Gasteiger charge is 2.35. The second kappa shape index (κ2) is 11.5. The molecule has 6 rings (SSSR count). The zero-order chi connectivity index (χ0) is 27.8. The van der Waals surface area contributed by atoms with E-state index in [4.69, 9.17) is 42.6 Å². The van der Waals surface area contributed by atoms with Crippen molar-refractivity contribution in [3.05, 3.63) is 74.8 Å². The molecule has 1 N–H and O–H groups in total. The number of benzene rings is 2. The lowest BCUT2D eigenvalue weighted by molar-refractivity contribution is 0.0157. The standard InChI is InChI=1S/C30H29Cl2N3O4S/c1-2-20-14-21(12-13-35(20)30-33-25(16-40-30)17-6-10-19(11-7-17)29(36)37)38-15-22-27(34-39-28(22)18-8-9-18)26-23(31)4-3-5-24(26)32/h3-7,10-11,16,18,20-21H,2,8-9,12-15H2,1H3,(H,36,37)/t20-,21-/m1/s1. The Balaban J connectivity index is 1.15. The maximum Gasteiger partial charge on any atom is 0.335 e. The molecule has 0 spiro atoms. The van der Waals surface area contributed by atoms with Crippen LogP contribution in [-0.4, -0.2) is 39.9 Å². The number of hydrogen-bond acceptors (Lipinski definition) is 7. The molecule has 2 aromatic heterocycles. The third-order valence-electron chi connectivity index (χ3n) is 7.73. The summed E-state index contributed by atoms with van der Waals surface area (Å²) in [6, 6.07) is 12.6. The van der Waals surface area contributed by atoms with Crippen molar-refractivity contribution < 1.29 is 19.2 Å². The molecule has 2 fully saturated rings. The Kier molecular flexibility index (Phi) is 7.86. The van der Waals surface area contributed by atoms with Crippen LogP contribution in [0, 0.1) is 0 Å². The number of halogens is 2. The number of aromatic nitrogens is 2. The molecule has 10 heteroatoms. The van der Waals surface area contributed by atoms with E-state index in [1.165, 1.54) is 0 Å². The molecular formula is C30H29Cl2N3O4S. The number of ether oxygens (including phenoxy) is 1. The van der Waals surface area contributed by atoms with Gasteiger partial charge in [0, 0.05) is 40.6 Å². The largest absolute Gasteiger partial charge is 0.478 e. The Morgan fingerprint density at radius 3 is 2.58 bits per heavy atom. The number of hydrogen-bond donors (Lipinski definition) is 1. The summed E-state index contributed by atoms with van der Waals surface area (Å²) in [5.74, 6) is 0.339. The summed E-state index contributed by atoms with van der Waals surface area (Å²) < 4.78 is 12.3. The van der Waals surface area contributed by atoms with E-state index in [0.29, 0.717) is 39.9 Å². The number of carboxylic acids is 1. The smallest absolute Gasteiger partial charge is 0.335 e. The third-order valence-corrected chi connectivity index (χ3v) is 9.24. The SMILES string of the molecule is CC[C@@H]1C[C@H](OCc2c(-c3c(Cl)cccc3Cl)noc2C2CC2)CCN1c1nc(-c2ccc(C(=O)O)cc2)cs1. The molecule has 0 bridgehead atoms. The van der Waals surface area contributed by atoms with Gasteiger partial charge in [-0.15, -0.1) is 11.3 Å². The summed E-state index contributed by atoms with van der Waals surface area (Å²) in [4.78, 5) is 18.5. The average molecular weight is 599 g/mol. The highest BCUT2D eigenvalue weighted by molar-refractivity contribution is 7.14. The van der Waals surface area contributed by atoms with Crippen molar-refractivity contribution >= 4 is 45.6 Å². The van der Waals surface area contributed by atoms with Gasteiger partial charge in [-0.05, 0) is 56.4 Å². The van der Waals surface area contributed by atoms with E-state index in [-0.39, 0.29) is 11.7 Å². The lowest BCUT2D eigenvalue weighted by atomic mass is 9.97. The van der Waals surface area contributed by atoms with Crippen molar-refractivity contribution in [1.82, 2.24) is 10.1 Å². The summed E-state index contributed by atoms with van der Waals surface area (Å²) in [7, 11) is 0. The van der Waals surface area contributed by atoms with Crippen LogP contribution in [0.15, 0.2) is 52.4 Å². The molecular weight excluding hydrogens is 569 g/mol. The van der Waals surface area contributed by atoms with Gasteiger partial charge in [-0.1, -0.05) is 53.5 Å². The van der Waals surface area contributed by atoms with Crippen molar-refractivity contribution in [1.29, 1.82) is 0 Å². The number of aromatic carboxylic acids is 1. The van der Waals surface area contributed by atoms with Gasteiger partial charge in [-0.25, -0.2) is 9.78 Å². The number of anilines is 1. The molecule has 0 unspecified atom stereocenters. The molecule has 0 radical (unpaired) electrons. The fourth-order valence-electron chi connectivity index (χ4n) is 5.37. The molecule has 2 aliphatic rings. The van der Waals surface area contributed by atoms with Crippen molar-refractivity contribution in [3.63, 3.8) is 0 Å². The summed E-state index contributed by atoms with van der Waals surface area (Å²) in [5, 5.41) is 17.7. The highest BCUT2D eigenvalue weighted by Crippen LogP contribution is 2.46. The van der Waals surface area contributed by atoms with Crippen LogP contribution < -0.4 is 4.90 Å². The van der Waals surface area contributed by atoms with Gasteiger partial charge in [-0.3, -0.25) is 0 Å². The first kappa shape index (κ1) is 27.3. The molecule has 1 aliphatic heterocycles. The van der Waals surface area contributed by atoms with E-state index in [1.807, 2.05) is 35.7 Å². The van der Waals surface area contributed by atoms with Crippen LogP contribution >= 0.6 is 34.5 Å². The van der Waals surface area contributed by atoms with Crippen molar-refractivity contribution in [3.8, 4) is 22.5 Å². The lowest BCUT2D eigenvalue weighted by Crippen LogP contribution is -2.44. The van der Waals surface area contributed by atoms with Gasteiger partial charge in [0.05, 0.1) is 34.0 Å². The van der Waals surface area contributed by atoms with E-state index in [2.05, 4.69) is 17.0 Å². The molecule has 208 valence electrons. The Bertz CT molecular complexity index is 1500. The maximum atomic E-state index is 11.2. The van der Waals surface area contributed by atoms with Crippen LogP contribution in [0.5, 0.6) is 0 Å². The first-order chi connectivity index (χ1) is 19.4. The van der Waals surface area contributed by atoms with Gasteiger partial charge in [-0.2, -0.15) is 0 Å². The van der Waals surface area contributed by atoms with Gasteiger partial charge in [0.2, 0.25) is 0 Å². The second-order valence-electron chi connectivity index (χ2n) is 10.4. The average Bonchev–Trinajstić information content (AvgIpc) is 3.53. The van der Waals surface area contributed by atoms with Crippen LogP contribution in [0.2, 0.25) is 10.0 Å². The molecule has 1 saturated carbocycles. The van der Waals surface area contributed by atoms with Gasteiger partial charge >= 0.3 is 5.97 Å². The molecule has 1 saturated heterocycles. The summed E-state index contributed by atoms with van der Waals surface area (Å²) in [6.07, 6.45) is 5.03. The number of thiazole rings is 1. The molecule has 2 aromatic carbocycles. The molecule has 40 heavy (non-hydrogen) atoms. The lowest BCUT2D eigenvalue weighted by Gasteiger charge is -2.39. The minimum atomic E-state index is -0.932. The summed E-state index contributed by atoms with van der Waals surface area (Å²) >= 11 is 14.7. The minimum absolute atomic E-state index is 0.0979. The molecule has 2 atom stereocenters. The van der Waals surface area contributed by atoms with E-state index < -0.39 is 5.97 Å². The van der Waals surface area contributed by atoms with Crippen molar-refractivity contribution in [2.24, 2.45) is 0 Å². The predicted molar refractivity (Wildman–Crippen MR) is 158 cm³/mol. The molecule has 1 aliphatic carbocycles. The van der Waals surface area contributed by atoms with Crippen LogP contribution in [0.4, 0.5) is 5.13 Å². The highest BCUT2D eigenvalue weighted by atomic mass is 35.5. The number of carboxylic acid groups (broad SMARTS) is 1. The van der Waals surface area contributed by atoms with E-state index in [1.54, 1.807) is 23.5 Å². The van der Waals surface area contributed by atoms with Crippen LogP contribution in [0.1, 0.15) is 66.6 Å². The van der Waals surface area contributed by atoms with E-state index in [0.717, 1.165) is 66.4 Å². The topological polar surface area (TPSA) is 88.7 Å². The zero-order valence-corrected chi connectivity index (χ0v) is 24.3. The van der Waals surface area contributed by atoms with Crippen LogP contribution in [-0.2, 0) is 11.3 Å². The Hall–Kier alpha value is -2.91. The van der Waals surface area contributed by atoms with Crippen molar-refractivity contribution in [2.75, 3.05) is 11.4 Å². The predicted octanol–water partition coefficient (Wildman–Crippen LogP) is 8.31. The van der Waals surface area contributed by atoms with E-state index in [9.17, 15) is 4.79 Å². The molecule has 7 nitrogen and oxygen atoms in total. The number of piperidine rings is 1. The second-order valence-corrected chi connectivity index (χ2v) is 12.0. The maximum absolute atomic E-state index is 11.2. The van der Waals surface area contributed by atoms with E-state index >= 15 is 0 Å². The quantitative estimate of drug-likeness (QED) is 0.207. The first-order valence-electron chi connectivity index (χ1n) is 13.5. The van der Waals surface area contributed by atoms with Crippen molar-refractivity contribution in [2.45, 2.75) is 63.7 Å². The van der Waals surface area contributed by atoms with Crippen LogP contribution in [0.25, 0.3) is 22.5 Å². The fraction of sp³-hybridized carbons (Fsp3) is 0.367. The summed E-state index contributed by atoms with van der Waals surface area (Å²) in [5.41, 5.74) is 4.35. The van der Waals surface area contributed by atoms with Gasteiger partial charge < -0.3 is 19.3 Å². The van der Waals surface area contributed by atoms with Gasteiger partial charge in [0.25, 0.3) is 0 Å². The Labute approximate surface area is 246 Å². The van der Waals surface area contributed by atoms with Gasteiger partial charge in [0.1, 0.15) is 11.5 Å². The zero-order valence-electron chi connectivity index (χ0n) is 22.0. The van der Waals surface area contributed by atoms with Gasteiger partial charge in [0.15, 0.2) is 5.13 Å². The third kappa shape index (κ3) is 5.50. The first-order valence-corrected chi connectivity index (χ1v) is 15.2. The monoisotopic (exact) mass is 597 g/mol. The Morgan fingerprint density at radius 1 is 1.15 bits per heavy atom. The molecule has 0 amide bonds. The number of rotatable bonds is 9. The Morgan fingerprint density at radius 2 is 1.90 bits per heavy atom. The van der Waals surface area contributed by atoms with Crippen LogP contribution in [0.3, 0.4) is 0 Å². The number of nitrogens with zero attached hydrogens (tertiary/aromatic N) is 3. The molecule has 3 heterocycles.